The van der Waals surface area contributed by atoms with Crippen molar-refractivity contribution in [2.45, 2.75) is 6.54 Å². The molecule has 0 bridgehead atoms. The summed E-state index contributed by atoms with van der Waals surface area (Å²) in [5.74, 6) is -0.450. The van der Waals surface area contributed by atoms with Crippen LogP contribution < -0.4 is 5.56 Å². The summed E-state index contributed by atoms with van der Waals surface area (Å²) in [6.07, 6.45) is 1.23. The van der Waals surface area contributed by atoms with Gasteiger partial charge in [0.2, 0.25) is 10.0 Å². The molecule has 0 unspecified atom stereocenters. The Kier molecular flexibility index (Phi) is 5.11. The second-order valence-corrected chi connectivity index (χ2v) is 10.2. The first-order valence-electron chi connectivity index (χ1n) is 10.4. The van der Waals surface area contributed by atoms with Gasteiger partial charge in [-0.15, -0.1) is 0 Å². The third-order valence-corrected chi connectivity index (χ3v) is 7.33. The van der Waals surface area contributed by atoms with Gasteiger partial charge >= 0.3 is 0 Å². The van der Waals surface area contributed by atoms with Crippen LogP contribution in [0.1, 0.15) is 5.56 Å². The maximum absolute atomic E-state index is 15.2. The maximum Gasteiger partial charge on any atom is 0.257 e. The van der Waals surface area contributed by atoms with E-state index in [0.717, 1.165) is 10.9 Å². The molecular formula is C23H23FN4O3S. The Labute approximate surface area is 184 Å². The molecule has 32 heavy (non-hydrogen) atoms. The first-order chi connectivity index (χ1) is 15.3. The molecular weight excluding hydrogens is 431 g/mol. The SMILES string of the molecule is CS(=O)(=O)N1CCN(Cc2ccc3c(F)c(-c4cc5ccccc5[nH]c4=O)[nH]c3c2)CC1. The monoisotopic (exact) mass is 454 g/mol. The third kappa shape index (κ3) is 3.83. The van der Waals surface area contributed by atoms with E-state index < -0.39 is 15.8 Å². The Morgan fingerprint density at radius 1 is 0.969 bits per heavy atom. The number of hydrogen-bond donors (Lipinski definition) is 2. The lowest BCUT2D eigenvalue weighted by Gasteiger charge is -2.33. The number of H-pyrrole nitrogens is 2. The third-order valence-electron chi connectivity index (χ3n) is 6.03. The fraction of sp³-hybridized carbons (Fsp3) is 0.261. The molecule has 0 amide bonds. The van der Waals surface area contributed by atoms with E-state index in [4.69, 9.17) is 0 Å². The molecule has 7 nitrogen and oxygen atoms in total. The van der Waals surface area contributed by atoms with Gasteiger partial charge in [0, 0.05) is 49.1 Å². The van der Waals surface area contributed by atoms with Gasteiger partial charge in [-0.3, -0.25) is 9.69 Å². The number of sulfonamides is 1. The molecule has 1 saturated heterocycles. The van der Waals surface area contributed by atoms with E-state index in [-0.39, 0.29) is 16.8 Å². The molecule has 0 atom stereocenters. The lowest BCUT2D eigenvalue weighted by atomic mass is 10.1. The normalized spacial score (nSPS) is 16.2. The summed E-state index contributed by atoms with van der Waals surface area (Å²) in [6, 6.07) is 14.6. The van der Waals surface area contributed by atoms with Crippen molar-refractivity contribution in [3.63, 3.8) is 0 Å². The highest BCUT2D eigenvalue weighted by Crippen LogP contribution is 2.29. The van der Waals surface area contributed by atoms with Crippen molar-refractivity contribution in [3.05, 3.63) is 70.3 Å². The minimum atomic E-state index is -3.16. The molecule has 4 aromatic rings. The number of fused-ring (bicyclic) bond motifs is 2. The molecule has 5 rings (SSSR count). The number of nitrogens with one attached hydrogen (secondary N) is 2. The first kappa shape index (κ1) is 20.9. The molecule has 3 heterocycles. The second kappa shape index (κ2) is 7.84. The van der Waals surface area contributed by atoms with Crippen LogP contribution in [0.2, 0.25) is 0 Å². The molecule has 0 radical (unpaired) electrons. The van der Waals surface area contributed by atoms with Crippen molar-refractivity contribution >= 4 is 31.8 Å². The van der Waals surface area contributed by atoms with Gasteiger partial charge in [0.15, 0.2) is 5.82 Å². The largest absolute Gasteiger partial charge is 0.352 e. The van der Waals surface area contributed by atoms with Crippen molar-refractivity contribution in [1.29, 1.82) is 0 Å². The molecule has 2 aromatic carbocycles. The Hall–Kier alpha value is -3.01. The number of pyridine rings is 1. The fourth-order valence-corrected chi connectivity index (χ4v) is 5.13. The van der Waals surface area contributed by atoms with Gasteiger partial charge in [-0.25, -0.2) is 12.8 Å². The summed E-state index contributed by atoms with van der Waals surface area (Å²) in [5, 5.41) is 1.26. The molecule has 2 aromatic heterocycles. The van der Waals surface area contributed by atoms with Gasteiger partial charge in [0.1, 0.15) is 0 Å². The summed E-state index contributed by atoms with van der Waals surface area (Å²) in [5.41, 5.74) is 2.40. The Balaban J connectivity index is 1.43. The van der Waals surface area contributed by atoms with E-state index in [9.17, 15) is 13.2 Å². The van der Waals surface area contributed by atoms with Gasteiger partial charge in [-0.05, 0) is 35.2 Å². The van der Waals surface area contributed by atoms with Crippen molar-refractivity contribution in [1.82, 2.24) is 19.2 Å². The number of aromatic nitrogens is 2. The quantitative estimate of drug-likeness (QED) is 0.496. The van der Waals surface area contributed by atoms with Crippen LogP contribution in [0.15, 0.2) is 53.3 Å². The molecule has 9 heteroatoms. The predicted octanol–water partition coefficient (Wildman–Crippen LogP) is 2.89. The molecule has 166 valence electrons. The Bertz CT molecular complexity index is 1480. The number of piperazine rings is 1. The molecule has 0 saturated carbocycles. The maximum atomic E-state index is 15.2. The van der Waals surface area contributed by atoms with Gasteiger partial charge < -0.3 is 9.97 Å². The number of rotatable bonds is 4. The molecule has 0 spiro atoms. The lowest BCUT2D eigenvalue weighted by molar-refractivity contribution is 0.182. The number of aromatic amines is 2. The van der Waals surface area contributed by atoms with Gasteiger partial charge in [0.25, 0.3) is 5.56 Å². The molecule has 2 N–H and O–H groups in total. The van der Waals surface area contributed by atoms with Crippen molar-refractivity contribution < 1.29 is 12.8 Å². The van der Waals surface area contributed by atoms with Crippen LogP contribution >= 0.6 is 0 Å². The Morgan fingerprint density at radius 3 is 2.47 bits per heavy atom. The molecule has 1 fully saturated rings. The van der Waals surface area contributed by atoms with Crippen LogP contribution in [0, 0.1) is 5.82 Å². The van der Waals surface area contributed by atoms with Crippen molar-refractivity contribution in [3.8, 4) is 11.3 Å². The minimum Gasteiger partial charge on any atom is -0.352 e. The van der Waals surface area contributed by atoms with Crippen LogP contribution in [-0.4, -0.2) is 60.0 Å². The highest BCUT2D eigenvalue weighted by atomic mass is 32.2. The molecule has 1 aliphatic heterocycles. The van der Waals surface area contributed by atoms with Crippen LogP contribution in [0.25, 0.3) is 33.1 Å². The summed E-state index contributed by atoms with van der Waals surface area (Å²) >= 11 is 0. The number of benzene rings is 2. The number of para-hydroxylation sites is 1. The average molecular weight is 455 g/mol. The zero-order valence-corrected chi connectivity index (χ0v) is 18.4. The predicted molar refractivity (Wildman–Crippen MR) is 124 cm³/mol. The summed E-state index contributed by atoms with van der Waals surface area (Å²) in [6.45, 7) is 2.85. The summed E-state index contributed by atoms with van der Waals surface area (Å²) in [4.78, 5) is 20.7. The number of halogens is 1. The smallest absolute Gasteiger partial charge is 0.257 e. The summed E-state index contributed by atoms with van der Waals surface area (Å²) in [7, 11) is -3.16. The van der Waals surface area contributed by atoms with Crippen LogP contribution in [0.3, 0.4) is 0 Å². The molecule has 1 aliphatic rings. The highest BCUT2D eigenvalue weighted by Gasteiger charge is 2.23. The van der Waals surface area contributed by atoms with Crippen LogP contribution in [0.4, 0.5) is 4.39 Å². The van der Waals surface area contributed by atoms with E-state index in [1.165, 1.54) is 10.6 Å². The van der Waals surface area contributed by atoms with Gasteiger partial charge in [0.05, 0.1) is 17.5 Å². The standard InChI is InChI=1S/C23H23FN4O3S/c1-32(30,31)28-10-8-27(9-11-28)14-15-6-7-17-20(12-15)25-22(21(17)24)18-13-16-4-2-3-5-19(16)26-23(18)29/h2-7,12-13,25H,8-11,14H2,1H3,(H,26,29). The minimum absolute atomic E-state index is 0.172. The first-order valence-corrected chi connectivity index (χ1v) is 12.2. The number of hydrogen-bond acceptors (Lipinski definition) is 4. The van der Waals surface area contributed by atoms with Crippen LogP contribution in [-0.2, 0) is 16.6 Å². The molecule has 0 aliphatic carbocycles. The van der Waals surface area contributed by atoms with E-state index in [1.54, 1.807) is 12.1 Å². The van der Waals surface area contributed by atoms with E-state index >= 15 is 4.39 Å². The zero-order valence-electron chi connectivity index (χ0n) is 17.6. The highest BCUT2D eigenvalue weighted by molar-refractivity contribution is 7.88. The van der Waals surface area contributed by atoms with Gasteiger partial charge in [-0.1, -0.05) is 24.3 Å². The van der Waals surface area contributed by atoms with Crippen molar-refractivity contribution in [2.24, 2.45) is 0 Å². The van der Waals surface area contributed by atoms with Gasteiger partial charge in [-0.2, -0.15) is 4.31 Å². The average Bonchev–Trinajstić information content (AvgIpc) is 3.08. The summed E-state index contributed by atoms with van der Waals surface area (Å²) < 4.78 is 40.0. The lowest BCUT2D eigenvalue weighted by Crippen LogP contribution is -2.47. The van der Waals surface area contributed by atoms with Crippen LogP contribution in [0.5, 0.6) is 0 Å². The van der Waals surface area contributed by atoms with E-state index in [1.807, 2.05) is 36.4 Å². The topological polar surface area (TPSA) is 89.3 Å². The Morgan fingerprint density at radius 2 is 1.72 bits per heavy atom. The van der Waals surface area contributed by atoms with E-state index in [0.29, 0.717) is 49.1 Å². The number of nitrogens with zero attached hydrogens (tertiary/aromatic N) is 2. The fourth-order valence-electron chi connectivity index (χ4n) is 4.30. The van der Waals surface area contributed by atoms with E-state index in [2.05, 4.69) is 14.9 Å². The second-order valence-electron chi connectivity index (χ2n) is 8.23. The van der Waals surface area contributed by atoms with Crippen molar-refractivity contribution in [2.75, 3.05) is 32.4 Å². The zero-order chi connectivity index (χ0) is 22.5.